The van der Waals surface area contributed by atoms with E-state index in [2.05, 4.69) is 31.1 Å². The minimum Gasteiger partial charge on any atom is -0.362 e. The quantitative estimate of drug-likeness (QED) is 0.537. The lowest BCUT2D eigenvalue weighted by atomic mass is 10.3. The number of anilines is 2. The molecule has 2 aromatic heterocycles. The van der Waals surface area contributed by atoms with Crippen LogP contribution in [-0.4, -0.2) is 31.8 Å². The first kappa shape index (κ1) is 16.1. The number of hydrogen-bond donors (Lipinski definition) is 3. The van der Waals surface area contributed by atoms with Gasteiger partial charge >= 0.3 is 5.69 Å². The summed E-state index contributed by atoms with van der Waals surface area (Å²) in [5, 5.41) is 14.1. The molecule has 0 aromatic carbocycles. The largest absolute Gasteiger partial charge is 0.362 e. The molecule has 0 unspecified atom stereocenters. The molecule has 23 heavy (non-hydrogen) atoms. The summed E-state index contributed by atoms with van der Waals surface area (Å²) >= 11 is 0. The predicted molar refractivity (Wildman–Crippen MR) is 82.8 cm³/mol. The Morgan fingerprint density at radius 2 is 2.04 bits per heavy atom. The van der Waals surface area contributed by atoms with Crippen molar-refractivity contribution < 1.29 is 9.72 Å². The van der Waals surface area contributed by atoms with Crippen molar-refractivity contribution in [1.29, 1.82) is 0 Å². The third-order valence-electron chi connectivity index (χ3n) is 2.65. The van der Waals surface area contributed by atoms with E-state index in [4.69, 9.17) is 0 Å². The molecule has 0 saturated heterocycles. The summed E-state index contributed by atoms with van der Waals surface area (Å²) in [6.07, 6.45) is 4.07. The molecule has 1 amide bonds. The molecule has 2 aromatic rings. The zero-order chi connectivity index (χ0) is 16.8. The van der Waals surface area contributed by atoms with Crippen LogP contribution in [0.1, 0.15) is 24.2 Å². The van der Waals surface area contributed by atoms with Crippen LogP contribution in [0.15, 0.2) is 30.9 Å². The molecule has 0 spiro atoms. The smallest absolute Gasteiger partial charge is 0.354 e. The second-order valence-electron chi connectivity index (χ2n) is 4.80. The van der Waals surface area contributed by atoms with Gasteiger partial charge < -0.3 is 5.32 Å². The second-order valence-corrected chi connectivity index (χ2v) is 4.80. The van der Waals surface area contributed by atoms with E-state index < -0.39 is 10.8 Å². The molecule has 0 atom stereocenters. The number of amides is 1. The Kier molecular flexibility index (Phi) is 4.97. The standard InChI is InChI=1S/C13H15N7O3/c1-8(2)17-11-10(20(22)23)12(16-7-15-11)18-19-13(21)9-4-3-5-14-6-9/h3-8H,1-2H3,(H,19,21)(H2,15,16,17,18). The number of nitrogens with one attached hydrogen (secondary N) is 3. The minimum atomic E-state index is -0.622. The van der Waals surface area contributed by atoms with E-state index >= 15 is 0 Å². The lowest BCUT2D eigenvalue weighted by Crippen LogP contribution is -2.30. The van der Waals surface area contributed by atoms with Gasteiger partial charge in [-0.2, -0.15) is 0 Å². The van der Waals surface area contributed by atoms with Crippen LogP contribution in [0.4, 0.5) is 17.3 Å². The van der Waals surface area contributed by atoms with E-state index in [9.17, 15) is 14.9 Å². The molecule has 0 fully saturated rings. The summed E-state index contributed by atoms with van der Waals surface area (Å²) < 4.78 is 0. The maximum atomic E-state index is 11.9. The van der Waals surface area contributed by atoms with Crippen molar-refractivity contribution in [1.82, 2.24) is 20.4 Å². The van der Waals surface area contributed by atoms with Gasteiger partial charge in [-0.3, -0.25) is 30.7 Å². The summed E-state index contributed by atoms with van der Waals surface area (Å²) in [6.45, 7) is 3.65. The average molecular weight is 317 g/mol. The third kappa shape index (κ3) is 4.09. The number of nitrogens with zero attached hydrogens (tertiary/aromatic N) is 4. The van der Waals surface area contributed by atoms with E-state index in [1.807, 2.05) is 13.8 Å². The van der Waals surface area contributed by atoms with Crippen molar-refractivity contribution in [3.63, 3.8) is 0 Å². The molecule has 3 N–H and O–H groups in total. The fourth-order valence-electron chi connectivity index (χ4n) is 1.71. The molecule has 0 aliphatic carbocycles. The molecule has 2 rings (SSSR count). The first-order valence-electron chi connectivity index (χ1n) is 6.71. The molecule has 10 nitrogen and oxygen atoms in total. The van der Waals surface area contributed by atoms with Crippen LogP contribution in [0.5, 0.6) is 0 Å². The Balaban J connectivity index is 2.19. The van der Waals surface area contributed by atoms with E-state index in [1.165, 1.54) is 12.4 Å². The van der Waals surface area contributed by atoms with Crippen LogP contribution in [0.3, 0.4) is 0 Å². The van der Waals surface area contributed by atoms with Crippen molar-refractivity contribution in [2.45, 2.75) is 19.9 Å². The van der Waals surface area contributed by atoms with Gasteiger partial charge in [0.1, 0.15) is 6.33 Å². The lowest BCUT2D eigenvalue weighted by Gasteiger charge is -2.12. The monoisotopic (exact) mass is 317 g/mol. The maximum absolute atomic E-state index is 11.9. The van der Waals surface area contributed by atoms with Gasteiger partial charge in [-0.05, 0) is 26.0 Å². The van der Waals surface area contributed by atoms with E-state index in [0.717, 1.165) is 6.33 Å². The average Bonchev–Trinajstić information content (AvgIpc) is 2.52. The Morgan fingerprint density at radius 1 is 1.30 bits per heavy atom. The fraction of sp³-hybridized carbons (Fsp3) is 0.231. The van der Waals surface area contributed by atoms with E-state index in [1.54, 1.807) is 12.1 Å². The van der Waals surface area contributed by atoms with Gasteiger partial charge in [-0.15, -0.1) is 0 Å². The van der Waals surface area contributed by atoms with Gasteiger partial charge in [-0.25, -0.2) is 9.97 Å². The molecule has 10 heteroatoms. The van der Waals surface area contributed by atoms with Crippen LogP contribution < -0.4 is 16.2 Å². The van der Waals surface area contributed by atoms with Crippen molar-refractivity contribution in [2.75, 3.05) is 10.7 Å². The summed E-state index contributed by atoms with van der Waals surface area (Å²) in [4.78, 5) is 34.0. The van der Waals surface area contributed by atoms with Crippen molar-refractivity contribution in [2.24, 2.45) is 0 Å². The summed E-state index contributed by atoms with van der Waals surface area (Å²) in [6, 6.07) is 3.11. The van der Waals surface area contributed by atoms with Gasteiger partial charge in [0, 0.05) is 18.4 Å². The van der Waals surface area contributed by atoms with E-state index in [0.29, 0.717) is 5.56 Å². The van der Waals surface area contributed by atoms with Crippen LogP contribution in [-0.2, 0) is 0 Å². The third-order valence-corrected chi connectivity index (χ3v) is 2.65. The summed E-state index contributed by atoms with van der Waals surface area (Å²) in [5.74, 6) is -0.548. The Morgan fingerprint density at radius 3 is 2.65 bits per heavy atom. The van der Waals surface area contributed by atoms with Crippen LogP contribution >= 0.6 is 0 Å². The number of hydrogen-bond acceptors (Lipinski definition) is 8. The highest BCUT2D eigenvalue weighted by Gasteiger charge is 2.23. The van der Waals surface area contributed by atoms with Gasteiger partial charge in [0.2, 0.25) is 11.6 Å². The lowest BCUT2D eigenvalue weighted by molar-refractivity contribution is -0.383. The molecule has 0 aliphatic rings. The molecular weight excluding hydrogens is 302 g/mol. The molecule has 0 aliphatic heterocycles. The van der Waals surface area contributed by atoms with Crippen LogP contribution in [0, 0.1) is 10.1 Å². The highest BCUT2D eigenvalue weighted by molar-refractivity contribution is 5.94. The number of pyridine rings is 1. The van der Waals surface area contributed by atoms with Gasteiger partial charge in [0.15, 0.2) is 0 Å². The number of nitro groups is 1. The van der Waals surface area contributed by atoms with Gasteiger partial charge in [0.05, 0.1) is 10.5 Å². The fourth-order valence-corrected chi connectivity index (χ4v) is 1.71. The van der Waals surface area contributed by atoms with E-state index in [-0.39, 0.29) is 23.4 Å². The Bertz CT molecular complexity index is 706. The first-order chi connectivity index (χ1) is 11.0. The summed E-state index contributed by atoms with van der Waals surface area (Å²) in [7, 11) is 0. The van der Waals surface area contributed by atoms with Gasteiger partial charge in [-0.1, -0.05) is 0 Å². The van der Waals surface area contributed by atoms with Crippen LogP contribution in [0.2, 0.25) is 0 Å². The molecule has 0 saturated carbocycles. The summed E-state index contributed by atoms with van der Waals surface area (Å²) in [5.41, 5.74) is 4.74. The Labute approximate surface area is 131 Å². The number of rotatable bonds is 6. The second kappa shape index (κ2) is 7.11. The SMILES string of the molecule is CC(C)Nc1ncnc(NNC(=O)c2cccnc2)c1[N+](=O)[O-]. The molecule has 2 heterocycles. The predicted octanol–water partition coefficient (Wildman–Crippen LogP) is 1.36. The number of carbonyl (C=O) groups excluding carboxylic acids is 1. The highest BCUT2D eigenvalue weighted by Crippen LogP contribution is 2.28. The number of hydrazine groups is 1. The Hall–Kier alpha value is -3.30. The van der Waals surface area contributed by atoms with Gasteiger partial charge in [0.25, 0.3) is 5.91 Å². The molecule has 120 valence electrons. The molecule has 0 bridgehead atoms. The number of carbonyl (C=O) groups is 1. The zero-order valence-corrected chi connectivity index (χ0v) is 12.5. The van der Waals surface area contributed by atoms with Crippen LogP contribution in [0.25, 0.3) is 0 Å². The zero-order valence-electron chi connectivity index (χ0n) is 12.5. The maximum Gasteiger partial charge on any atom is 0.354 e. The normalized spacial score (nSPS) is 10.2. The first-order valence-corrected chi connectivity index (χ1v) is 6.71. The van der Waals surface area contributed by atoms with Crippen molar-refractivity contribution in [3.8, 4) is 0 Å². The number of aromatic nitrogens is 3. The van der Waals surface area contributed by atoms with Crippen molar-refractivity contribution >= 4 is 23.2 Å². The topological polar surface area (TPSA) is 135 Å². The highest BCUT2D eigenvalue weighted by atomic mass is 16.6. The minimum absolute atomic E-state index is 0.0542. The van der Waals surface area contributed by atoms with Crippen molar-refractivity contribution in [3.05, 3.63) is 46.5 Å². The molecule has 0 radical (unpaired) electrons. The molecular formula is C13H15N7O3.